The summed E-state index contributed by atoms with van der Waals surface area (Å²) in [5.41, 5.74) is 11.9. The Hall–Kier alpha value is -1.81. The van der Waals surface area contributed by atoms with Crippen molar-refractivity contribution in [2.24, 2.45) is 0 Å². The first-order chi connectivity index (χ1) is 8.24. The van der Waals surface area contributed by atoms with Gasteiger partial charge in [-0.15, -0.1) is 0 Å². The van der Waals surface area contributed by atoms with Crippen LogP contribution in [0, 0.1) is 6.92 Å². The fourth-order valence-electron chi connectivity index (χ4n) is 2.40. The summed E-state index contributed by atoms with van der Waals surface area (Å²) in [5.74, 6) is 0. The van der Waals surface area contributed by atoms with E-state index in [2.05, 4.69) is 28.1 Å². The van der Waals surface area contributed by atoms with E-state index >= 15 is 0 Å². The highest BCUT2D eigenvalue weighted by atomic mass is 15.2. The molecule has 2 aromatic rings. The zero-order valence-electron chi connectivity index (χ0n) is 9.90. The lowest BCUT2D eigenvalue weighted by atomic mass is 10.1. The van der Waals surface area contributed by atoms with Gasteiger partial charge >= 0.3 is 0 Å². The minimum Gasteiger partial charge on any atom is -0.398 e. The minimum absolute atomic E-state index is 0.911. The Morgan fingerprint density at radius 1 is 1.41 bits per heavy atom. The van der Waals surface area contributed by atoms with Gasteiger partial charge in [-0.3, -0.25) is 10.00 Å². The predicted molar refractivity (Wildman–Crippen MR) is 67.1 cm³/mol. The first kappa shape index (κ1) is 10.4. The van der Waals surface area contributed by atoms with Crippen molar-refractivity contribution >= 4 is 5.69 Å². The van der Waals surface area contributed by atoms with Gasteiger partial charge < -0.3 is 5.73 Å². The Labute approximate surface area is 100 Å². The molecule has 17 heavy (non-hydrogen) atoms. The molecule has 4 nitrogen and oxygen atoms in total. The van der Waals surface area contributed by atoms with Crippen molar-refractivity contribution in [1.29, 1.82) is 0 Å². The van der Waals surface area contributed by atoms with E-state index in [1.54, 1.807) is 0 Å². The molecule has 3 N–H and O–H groups in total. The average Bonchev–Trinajstić information content (AvgIpc) is 2.87. The number of nitrogens with two attached hydrogens (primary N) is 1. The third-order valence-corrected chi connectivity index (χ3v) is 3.41. The Kier molecular flexibility index (Phi) is 2.37. The Balaban J connectivity index is 1.79. The lowest BCUT2D eigenvalue weighted by Crippen LogP contribution is -2.15. The van der Waals surface area contributed by atoms with Crippen LogP contribution in [-0.2, 0) is 19.6 Å². The second-order valence-corrected chi connectivity index (χ2v) is 4.65. The number of benzene rings is 1. The molecule has 88 valence electrons. The van der Waals surface area contributed by atoms with E-state index in [1.165, 1.54) is 16.7 Å². The van der Waals surface area contributed by atoms with E-state index in [1.807, 2.05) is 18.3 Å². The van der Waals surface area contributed by atoms with Gasteiger partial charge in [0.05, 0.1) is 6.20 Å². The first-order valence-corrected chi connectivity index (χ1v) is 5.81. The summed E-state index contributed by atoms with van der Waals surface area (Å²) in [5, 5.41) is 7.03. The second kappa shape index (κ2) is 3.89. The minimum atomic E-state index is 0.911. The number of aryl methyl sites for hydroxylation is 1. The van der Waals surface area contributed by atoms with Crippen LogP contribution in [0.4, 0.5) is 5.69 Å². The number of anilines is 1. The molecule has 3 rings (SSSR count). The summed E-state index contributed by atoms with van der Waals surface area (Å²) in [7, 11) is 0. The zero-order valence-corrected chi connectivity index (χ0v) is 9.90. The number of rotatable bonds is 2. The largest absolute Gasteiger partial charge is 0.398 e. The van der Waals surface area contributed by atoms with Gasteiger partial charge in [0.1, 0.15) is 0 Å². The van der Waals surface area contributed by atoms with Crippen LogP contribution in [0.3, 0.4) is 0 Å². The Morgan fingerprint density at radius 3 is 3.00 bits per heavy atom. The standard InChI is InChI=1S/C13H16N4/c1-9-11(5-15-16-9)7-17-6-10-3-2-4-13(14)12(10)8-17/h2-5H,6-8,14H2,1H3,(H,15,16). The molecule has 0 spiro atoms. The van der Waals surface area contributed by atoms with Crippen molar-refractivity contribution in [2.75, 3.05) is 5.73 Å². The molecule has 1 aromatic carbocycles. The molecule has 0 saturated heterocycles. The van der Waals surface area contributed by atoms with Crippen molar-refractivity contribution < 1.29 is 0 Å². The number of fused-ring (bicyclic) bond motifs is 1. The molecule has 0 bridgehead atoms. The van der Waals surface area contributed by atoms with Crippen LogP contribution in [0.25, 0.3) is 0 Å². The van der Waals surface area contributed by atoms with Crippen molar-refractivity contribution in [3.05, 3.63) is 46.8 Å². The van der Waals surface area contributed by atoms with Crippen LogP contribution in [-0.4, -0.2) is 15.1 Å². The average molecular weight is 228 g/mol. The van der Waals surface area contributed by atoms with Crippen molar-refractivity contribution in [3.63, 3.8) is 0 Å². The van der Waals surface area contributed by atoms with Crippen LogP contribution in [0.15, 0.2) is 24.4 Å². The van der Waals surface area contributed by atoms with Gasteiger partial charge in [-0.1, -0.05) is 12.1 Å². The summed E-state index contributed by atoms with van der Waals surface area (Å²) >= 11 is 0. The van der Waals surface area contributed by atoms with Gasteiger partial charge in [0.15, 0.2) is 0 Å². The molecule has 0 amide bonds. The normalized spacial score (nSPS) is 15.1. The number of hydrogen-bond acceptors (Lipinski definition) is 3. The first-order valence-electron chi connectivity index (χ1n) is 5.81. The molecule has 0 atom stereocenters. The van der Waals surface area contributed by atoms with Gasteiger partial charge in [-0.25, -0.2) is 0 Å². The van der Waals surface area contributed by atoms with Crippen LogP contribution in [0.1, 0.15) is 22.4 Å². The molecule has 4 heteroatoms. The second-order valence-electron chi connectivity index (χ2n) is 4.65. The van der Waals surface area contributed by atoms with Gasteiger partial charge in [0.25, 0.3) is 0 Å². The van der Waals surface area contributed by atoms with Crippen molar-refractivity contribution in [1.82, 2.24) is 15.1 Å². The number of aromatic nitrogens is 2. The molecule has 0 unspecified atom stereocenters. The molecular formula is C13H16N4. The monoisotopic (exact) mass is 228 g/mol. The van der Waals surface area contributed by atoms with Crippen molar-refractivity contribution in [3.8, 4) is 0 Å². The topological polar surface area (TPSA) is 57.9 Å². The van der Waals surface area contributed by atoms with Crippen LogP contribution in [0.2, 0.25) is 0 Å². The predicted octanol–water partition coefficient (Wildman–Crippen LogP) is 1.82. The van der Waals surface area contributed by atoms with E-state index in [4.69, 9.17) is 5.73 Å². The van der Waals surface area contributed by atoms with Crippen molar-refractivity contribution in [2.45, 2.75) is 26.6 Å². The fraction of sp³-hybridized carbons (Fsp3) is 0.308. The maximum absolute atomic E-state index is 5.99. The molecule has 1 aliphatic rings. The Bertz CT molecular complexity index is 542. The molecule has 1 aromatic heterocycles. The highest BCUT2D eigenvalue weighted by Gasteiger charge is 2.21. The summed E-state index contributed by atoms with van der Waals surface area (Å²) < 4.78 is 0. The van der Waals surface area contributed by atoms with Crippen LogP contribution < -0.4 is 5.73 Å². The molecule has 0 radical (unpaired) electrons. The van der Waals surface area contributed by atoms with E-state index in [0.29, 0.717) is 0 Å². The summed E-state index contributed by atoms with van der Waals surface area (Å²) in [6.45, 7) is 4.90. The number of H-pyrrole nitrogens is 1. The van der Waals surface area contributed by atoms with E-state index in [0.717, 1.165) is 31.0 Å². The molecule has 0 saturated carbocycles. The van der Waals surface area contributed by atoms with Crippen LogP contribution >= 0.6 is 0 Å². The summed E-state index contributed by atoms with van der Waals surface area (Å²) in [6.07, 6.45) is 1.90. The zero-order chi connectivity index (χ0) is 11.8. The molecule has 2 heterocycles. The van der Waals surface area contributed by atoms with E-state index in [-0.39, 0.29) is 0 Å². The third-order valence-electron chi connectivity index (χ3n) is 3.41. The lowest BCUT2D eigenvalue weighted by Gasteiger charge is -2.13. The molecule has 0 aliphatic carbocycles. The van der Waals surface area contributed by atoms with Crippen LogP contribution in [0.5, 0.6) is 0 Å². The highest BCUT2D eigenvalue weighted by Crippen LogP contribution is 2.28. The Morgan fingerprint density at radius 2 is 2.29 bits per heavy atom. The van der Waals surface area contributed by atoms with Gasteiger partial charge in [0.2, 0.25) is 0 Å². The SMILES string of the molecule is Cc1[nH]ncc1CN1Cc2cccc(N)c2C1. The van der Waals surface area contributed by atoms with Gasteiger partial charge in [0, 0.05) is 36.6 Å². The van der Waals surface area contributed by atoms with E-state index < -0.39 is 0 Å². The summed E-state index contributed by atoms with van der Waals surface area (Å²) in [6, 6.07) is 6.17. The third kappa shape index (κ3) is 1.80. The fourth-order valence-corrected chi connectivity index (χ4v) is 2.40. The lowest BCUT2D eigenvalue weighted by molar-refractivity contribution is 0.275. The number of nitrogens with one attached hydrogen (secondary N) is 1. The van der Waals surface area contributed by atoms with Gasteiger partial charge in [-0.05, 0) is 24.1 Å². The quantitative estimate of drug-likeness (QED) is 0.771. The molecule has 1 aliphatic heterocycles. The molecular weight excluding hydrogens is 212 g/mol. The number of nitrogen functional groups attached to an aromatic ring is 1. The number of hydrogen-bond donors (Lipinski definition) is 2. The number of aromatic amines is 1. The maximum atomic E-state index is 5.99. The smallest absolute Gasteiger partial charge is 0.0535 e. The number of nitrogens with zero attached hydrogens (tertiary/aromatic N) is 2. The highest BCUT2D eigenvalue weighted by molar-refractivity contribution is 5.52. The summed E-state index contributed by atoms with van der Waals surface area (Å²) in [4.78, 5) is 2.39. The van der Waals surface area contributed by atoms with Gasteiger partial charge in [-0.2, -0.15) is 5.10 Å². The molecule has 0 fully saturated rings. The van der Waals surface area contributed by atoms with E-state index in [9.17, 15) is 0 Å². The maximum Gasteiger partial charge on any atom is 0.0535 e.